The molecule has 0 spiro atoms. The Morgan fingerprint density at radius 2 is 1.81 bits per heavy atom. The van der Waals surface area contributed by atoms with Crippen LogP contribution in [0.5, 0.6) is 5.75 Å². The lowest BCUT2D eigenvalue weighted by Gasteiger charge is -2.12. The summed E-state index contributed by atoms with van der Waals surface area (Å²) < 4.78 is 38.1. The van der Waals surface area contributed by atoms with E-state index in [2.05, 4.69) is 10.0 Å². The third-order valence-electron chi connectivity index (χ3n) is 5.30. The number of amides is 3. The molecule has 3 aromatic rings. The molecule has 3 amide bonds. The van der Waals surface area contributed by atoms with E-state index in [9.17, 15) is 27.6 Å². The summed E-state index contributed by atoms with van der Waals surface area (Å²) in [5, 5.41) is 2.81. The summed E-state index contributed by atoms with van der Waals surface area (Å²) in [6.45, 7) is 0.748. The fourth-order valence-electron chi connectivity index (χ4n) is 3.35. The number of rotatable bonds is 9. The number of nitrogens with two attached hydrogens (primary N) is 1. The van der Waals surface area contributed by atoms with Gasteiger partial charge < -0.3 is 25.1 Å². The van der Waals surface area contributed by atoms with Crippen molar-refractivity contribution in [3.05, 3.63) is 69.6 Å². The molecule has 3 rings (SSSR count). The topological polar surface area (TPSA) is 178 Å². The highest BCUT2D eigenvalue weighted by molar-refractivity contribution is 7.89. The maximum Gasteiger partial charge on any atom is 0.414 e. The van der Waals surface area contributed by atoms with Crippen molar-refractivity contribution in [3.8, 4) is 5.75 Å². The predicted octanol–water partition coefficient (Wildman–Crippen LogP) is 0.632. The summed E-state index contributed by atoms with van der Waals surface area (Å²) in [6.07, 6.45) is -0.491. The fraction of sp³-hybridized carbons (Fsp3) is 0.250. The number of aryl methyl sites for hydroxylation is 1. The van der Waals surface area contributed by atoms with Crippen LogP contribution in [0.1, 0.15) is 16.7 Å². The van der Waals surface area contributed by atoms with Gasteiger partial charge in [-0.1, -0.05) is 12.1 Å². The maximum atomic E-state index is 12.8. The van der Waals surface area contributed by atoms with Crippen LogP contribution < -0.4 is 26.1 Å². The van der Waals surface area contributed by atoms with Crippen LogP contribution >= 0.6 is 0 Å². The number of carbonyl (C=O) groups excluding carboxylic acids is 3. The lowest BCUT2D eigenvalue weighted by Crippen LogP contribution is -2.40. The predicted molar refractivity (Wildman–Crippen MR) is 134 cm³/mol. The Labute approximate surface area is 212 Å². The molecular weight excluding hydrogens is 504 g/mol. The van der Waals surface area contributed by atoms with E-state index in [-0.39, 0.29) is 22.6 Å². The molecule has 0 aliphatic carbocycles. The first-order chi connectivity index (χ1) is 17.4. The molecule has 0 atom stereocenters. The summed E-state index contributed by atoms with van der Waals surface area (Å²) in [7, 11) is -0.975. The number of primary amides is 1. The van der Waals surface area contributed by atoms with Crippen LogP contribution in [0.3, 0.4) is 0 Å². The molecule has 4 N–H and O–H groups in total. The van der Waals surface area contributed by atoms with E-state index in [0.717, 1.165) is 0 Å². The second-order valence-corrected chi connectivity index (χ2v) is 10.1. The Kier molecular flexibility index (Phi) is 8.30. The van der Waals surface area contributed by atoms with Crippen molar-refractivity contribution < 1.29 is 32.0 Å². The van der Waals surface area contributed by atoms with Crippen LogP contribution in [-0.4, -0.2) is 58.4 Å². The average Bonchev–Trinajstić information content (AvgIpc) is 2.84. The Bertz CT molecular complexity index is 1530. The number of nitrogens with zero attached hydrogens (tertiary/aromatic N) is 1. The van der Waals surface area contributed by atoms with Gasteiger partial charge in [0.1, 0.15) is 11.3 Å². The molecule has 0 saturated carbocycles. The maximum absolute atomic E-state index is 12.8. The summed E-state index contributed by atoms with van der Waals surface area (Å²) in [5.74, 6) is -1.26. The average molecular weight is 531 g/mol. The number of nitrogens with one attached hydrogen (secondary N) is 2. The zero-order valence-corrected chi connectivity index (χ0v) is 21.2. The smallest absolute Gasteiger partial charge is 0.414 e. The number of carbonyl (C=O) groups is 3. The molecule has 1 aromatic heterocycles. The van der Waals surface area contributed by atoms with Gasteiger partial charge in [0.2, 0.25) is 21.8 Å². The Morgan fingerprint density at radius 1 is 1.08 bits per heavy atom. The second-order valence-electron chi connectivity index (χ2n) is 8.31. The molecule has 196 valence electrons. The van der Waals surface area contributed by atoms with Crippen LogP contribution in [0.2, 0.25) is 0 Å². The van der Waals surface area contributed by atoms with Gasteiger partial charge >= 0.3 is 11.7 Å². The van der Waals surface area contributed by atoms with E-state index in [1.165, 1.54) is 29.2 Å². The summed E-state index contributed by atoms with van der Waals surface area (Å²) in [5.41, 5.74) is 6.05. The fourth-order valence-corrected chi connectivity index (χ4v) is 4.41. The Balaban J connectivity index is 1.82. The third-order valence-corrected chi connectivity index (χ3v) is 6.70. The molecular formula is C24H26N4O8S. The highest BCUT2D eigenvalue weighted by Crippen LogP contribution is 2.26. The quantitative estimate of drug-likeness (QED) is 0.337. The molecule has 0 aliphatic heterocycles. The first kappa shape index (κ1) is 27.4. The highest BCUT2D eigenvalue weighted by atomic mass is 32.2. The number of hydrogen-bond donors (Lipinski definition) is 3. The van der Waals surface area contributed by atoms with E-state index in [0.29, 0.717) is 22.1 Å². The highest BCUT2D eigenvalue weighted by Gasteiger charge is 2.18. The minimum absolute atomic E-state index is 0.0872. The van der Waals surface area contributed by atoms with Gasteiger partial charge in [0.05, 0.1) is 18.0 Å². The number of benzene rings is 2. The molecule has 37 heavy (non-hydrogen) atoms. The van der Waals surface area contributed by atoms with Crippen molar-refractivity contribution in [2.75, 3.05) is 27.2 Å². The number of sulfonamides is 1. The molecule has 0 saturated heterocycles. The van der Waals surface area contributed by atoms with E-state index < -0.39 is 46.6 Å². The van der Waals surface area contributed by atoms with Crippen molar-refractivity contribution in [1.82, 2.24) is 14.9 Å². The van der Waals surface area contributed by atoms with Gasteiger partial charge in [-0.25, -0.2) is 22.7 Å². The van der Waals surface area contributed by atoms with Crippen molar-refractivity contribution in [1.29, 1.82) is 0 Å². The van der Waals surface area contributed by atoms with Crippen molar-refractivity contribution in [2.45, 2.75) is 18.2 Å². The largest absolute Gasteiger partial charge is 0.422 e. The van der Waals surface area contributed by atoms with Crippen molar-refractivity contribution in [2.24, 2.45) is 5.73 Å². The van der Waals surface area contributed by atoms with Crippen molar-refractivity contribution >= 4 is 38.9 Å². The molecule has 0 unspecified atom stereocenters. The van der Waals surface area contributed by atoms with Gasteiger partial charge in [0, 0.05) is 37.5 Å². The molecule has 12 nitrogen and oxygen atoms in total. The molecule has 1 heterocycles. The first-order valence-electron chi connectivity index (χ1n) is 11.0. The van der Waals surface area contributed by atoms with Gasteiger partial charge in [-0.15, -0.1) is 0 Å². The van der Waals surface area contributed by atoms with Gasteiger partial charge in [-0.3, -0.25) is 9.59 Å². The lowest BCUT2D eigenvalue weighted by atomic mass is 9.99. The summed E-state index contributed by atoms with van der Waals surface area (Å²) in [4.78, 5) is 48.2. The standard InChI is InChI=1S/C24H26N4O8S/c1-14-18-8-7-16(35-24(32)28(2)3)11-20(18)36-23(31)19(14)10-15-5-4-6-17(9-15)37(33,34)27-13-22(30)26-12-21(25)29/h4-9,11,27H,10,12-13H2,1-3H3,(H2,25,29)(H,26,30). The molecule has 2 aromatic carbocycles. The number of ether oxygens (including phenoxy) is 1. The van der Waals surface area contributed by atoms with Gasteiger partial charge in [-0.2, -0.15) is 0 Å². The zero-order valence-electron chi connectivity index (χ0n) is 20.4. The monoisotopic (exact) mass is 530 g/mol. The Morgan fingerprint density at radius 3 is 2.49 bits per heavy atom. The summed E-state index contributed by atoms with van der Waals surface area (Å²) >= 11 is 0. The second kappa shape index (κ2) is 11.2. The molecule has 0 radical (unpaired) electrons. The van der Waals surface area contributed by atoms with E-state index >= 15 is 0 Å². The molecule has 0 bridgehead atoms. The van der Waals surface area contributed by atoms with Crippen LogP contribution in [0.4, 0.5) is 4.79 Å². The van der Waals surface area contributed by atoms with Crippen LogP contribution in [0, 0.1) is 6.92 Å². The van der Waals surface area contributed by atoms with E-state index in [1.807, 2.05) is 0 Å². The third kappa shape index (κ3) is 6.92. The van der Waals surface area contributed by atoms with Gasteiger partial charge in [0.15, 0.2) is 0 Å². The lowest BCUT2D eigenvalue weighted by molar-refractivity contribution is -0.124. The normalized spacial score (nSPS) is 11.2. The van der Waals surface area contributed by atoms with Gasteiger partial charge in [-0.05, 0) is 42.3 Å². The number of fused-ring (bicyclic) bond motifs is 1. The SMILES string of the molecule is Cc1c(Cc2cccc(S(=O)(=O)NCC(=O)NCC(N)=O)c2)c(=O)oc2cc(OC(=O)N(C)C)ccc12. The van der Waals surface area contributed by atoms with Gasteiger partial charge in [0.25, 0.3) is 0 Å². The van der Waals surface area contributed by atoms with Crippen LogP contribution in [0.15, 0.2) is 56.6 Å². The summed E-state index contributed by atoms with van der Waals surface area (Å²) in [6, 6.07) is 10.6. The van der Waals surface area contributed by atoms with E-state index in [1.54, 1.807) is 39.2 Å². The molecule has 0 fully saturated rings. The molecule has 0 aliphatic rings. The number of hydrogen-bond acceptors (Lipinski definition) is 8. The Hall–Kier alpha value is -4.23. The van der Waals surface area contributed by atoms with Crippen LogP contribution in [0.25, 0.3) is 11.0 Å². The van der Waals surface area contributed by atoms with Crippen LogP contribution in [-0.2, 0) is 26.0 Å². The van der Waals surface area contributed by atoms with E-state index in [4.69, 9.17) is 14.9 Å². The minimum Gasteiger partial charge on any atom is -0.422 e. The first-order valence-corrected chi connectivity index (χ1v) is 12.4. The minimum atomic E-state index is -4.06. The van der Waals surface area contributed by atoms with Crippen molar-refractivity contribution in [3.63, 3.8) is 0 Å². The molecule has 13 heteroatoms. The zero-order chi connectivity index (χ0) is 27.3.